The molecular weight excluding hydrogens is 570 g/mol. The SMILES string of the molecule is CCc1ccccc1N(CC(=O)N(Cc1ccccc1)C(Cc1ccccc1)C(=O)NCC(C)C)S(=O)(=O)c1ccccc1. The second-order valence-corrected chi connectivity index (χ2v) is 13.0. The average molecular weight is 612 g/mol. The molecule has 2 amide bonds. The maximum Gasteiger partial charge on any atom is 0.264 e. The van der Waals surface area contributed by atoms with E-state index in [9.17, 15) is 18.0 Å². The van der Waals surface area contributed by atoms with Crippen LogP contribution in [-0.2, 0) is 39.0 Å². The molecule has 44 heavy (non-hydrogen) atoms. The number of nitrogens with one attached hydrogen (secondary N) is 1. The van der Waals surface area contributed by atoms with E-state index in [2.05, 4.69) is 5.32 Å². The molecule has 0 saturated heterocycles. The second-order valence-electron chi connectivity index (χ2n) is 11.2. The van der Waals surface area contributed by atoms with E-state index in [1.165, 1.54) is 21.3 Å². The molecule has 0 aliphatic carbocycles. The van der Waals surface area contributed by atoms with Gasteiger partial charge in [-0.2, -0.15) is 0 Å². The van der Waals surface area contributed by atoms with Gasteiger partial charge in [-0.05, 0) is 47.2 Å². The third-order valence-corrected chi connectivity index (χ3v) is 9.18. The van der Waals surface area contributed by atoms with Crippen LogP contribution in [0.5, 0.6) is 0 Å². The number of benzene rings is 4. The molecule has 4 rings (SSSR count). The topological polar surface area (TPSA) is 86.8 Å². The maximum atomic E-state index is 14.5. The molecule has 0 spiro atoms. The lowest BCUT2D eigenvalue weighted by atomic mass is 10.0. The normalized spacial score (nSPS) is 12.0. The molecule has 7 nitrogen and oxygen atoms in total. The molecule has 8 heteroatoms. The molecule has 1 unspecified atom stereocenters. The van der Waals surface area contributed by atoms with Crippen LogP contribution in [0.3, 0.4) is 0 Å². The number of rotatable bonds is 14. The fourth-order valence-corrected chi connectivity index (χ4v) is 6.52. The Morgan fingerprint density at radius 3 is 1.89 bits per heavy atom. The number of para-hydroxylation sites is 1. The Bertz CT molecular complexity index is 1610. The summed E-state index contributed by atoms with van der Waals surface area (Å²) in [7, 11) is -4.13. The predicted molar refractivity (Wildman–Crippen MR) is 176 cm³/mol. The van der Waals surface area contributed by atoms with E-state index in [1.807, 2.05) is 93.6 Å². The molecule has 0 saturated carbocycles. The number of anilines is 1. The van der Waals surface area contributed by atoms with Crippen molar-refractivity contribution in [2.45, 2.75) is 51.1 Å². The van der Waals surface area contributed by atoms with Crippen LogP contribution in [0.4, 0.5) is 5.69 Å². The summed E-state index contributed by atoms with van der Waals surface area (Å²) < 4.78 is 29.5. The first-order chi connectivity index (χ1) is 21.2. The van der Waals surface area contributed by atoms with E-state index in [-0.39, 0.29) is 29.7 Å². The fraction of sp³-hybridized carbons (Fsp3) is 0.278. The summed E-state index contributed by atoms with van der Waals surface area (Å²) in [6.07, 6.45) is 0.855. The van der Waals surface area contributed by atoms with Crippen LogP contribution in [0.15, 0.2) is 120 Å². The van der Waals surface area contributed by atoms with Crippen molar-refractivity contribution >= 4 is 27.5 Å². The Hall–Kier alpha value is -4.43. The van der Waals surface area contributed by atoms with Gasteiger partial charge in [0.25, 0.3) is 10.0 Å². The quantitative estimate of drug-likeness (QED) is 0.194. The zero-order chi connectivity index (χ0) is 31.5. The summed E-state index contributed by atoms with van der Waals surface area (Å²) >= 11 is 0. The molecule has 1 N–H and O–H groups in total. The van der Waals surface area contributed by atoms with Crippen LogP contribution >= 0.6 is 0 Å². The fourth-order valence-electron chi connectivity index (χ4n) is 5.04. The lowest BCUT2D eigenvalue weighted by Gasteiger charge is -2.34. The van der Waals surface area contributed by atoms with E-state index in [4.69, 9.17) is 0 Å². The highest BCUT2D eigenvalue weighted by molar-refractivity contribution is 7.92. The smallest absolute Gasteiger partial charge is 0.264 e. The van der Waals surface area contributed by atoms with Gasteiger partial charge in [0, 0.05) is 19.5 Å². The van der Waals surface area contributed by atoms with Crippen LogP contribution in [0.1, 0.15) is 37.5 Å². The van der Waals surface area contributed by atoms with Gasteiger partial charge in [-0.3, -0.25) is 13.9 Å². The first-order valence-corrected chi connectivity index (χ1v) is 16.5. The highest BCUT2D eigenvalue weighted by atomic mass is 32.2. The number of sulfonamides is 1. The van der Waals surface area contributed by atoms with Crippen LogP contribution in [-0.4, -0.2) is 44.3 Å². The highest BCUT2D eigenvalue weighted by Crippen LogP contribution is 2.28. The van der Waals surface area contributed by atoms with Crippen molar-refractivity contribution in [2.75, 3.05) is 17.4 Å². The van der Waals surface area contributed by atoms with Crippen LogP contribution in [0.2, 0.25) is 0 Å². The minimum Gasteiger partial charge on any atom is -0.354 e. The maximum absolute atomic E-state index is 14.5. The third-order valence-electron chi connectivity index (χ3n) is 7.40. The number of hydrogen-bond acceptors (Lipinski definition) is 4. The largest absolute Gasteiger partial charge is 0.354 e. The van der Waals surface area contributed by atoms with Crippen molar-refractivity contribution in [2.24, 2.45) is 5.92 Å². The van der Waals surface area contributed by atoms with Gasteiger partial charge in [-0.1, -0.05) is 118 Å². The number of nitrogens with zero attached hydrogens (tertiary/aromatic N) is 2. The number of hydrogen-bond donors (Lipinski definition) is 1. The van der Waals surface area contributed by atoms with Crippen molar-refractivity contribution in [1.29, 1.82) is 0 Å². The highest BCUT2D eigenvalue weighted by Gasteiger charge is 2.35. The number of amides is 2. The summed E-state index contributed by atoms with van der Waals surface area (Å²) in [4.78, 5) is 30.0. The monoisotopic (exact) mass is 611 g/mol. The second kappa shape index (κ2) is 15.3. The number of carbonyl (C=O) groups is 2. The van der Waals surface area contributed by atoms with Crippen molar-refractivity contribution < 1.29 is 18.0 Å². The van der Waals surface area contributed by atoms with E-state index in [0.717, 1.165) is 16.7 Å². The predicted octanol–water partition coefficient (Wildman–Crippen LogP) is 5.86. The zero-order valence-electron chi connectivity index (χ0n) is 25.6. The van der Waals surface area contributed by atoms with Gasteiger partial charge in [0.15, 0.2) is 0 Å². The minimum atomic E-state index is -4.13. The van der Waals surface area contributed by atoms with Crippen molar-refractivity contribution in [3.8, 4) is 0 Å². The molecule has 0 bridgehead atoms. The van der Waals surface area contributed by atoms with Gasteiger partial charge in [-0.15, -0.1) is 0 Å². The Morgan fingerprint density at radius 2 is 1.30 bits per heavy atom. The number of aryl methyl sites for hydroxylation is 1. The Morgan fingerprint density at radius 1 is 0.750 bits per heavy atom. The van der Waals surface area contributed by atoms with Crippen LogP contribution < -0.4 is 9.62 Å². The molecule has 0 heterocycles. The van der Waals surface area contributed by atoms with Gasteiger partial charge in [0.2, 0.25) is 11.8 Å². The van der Waals surface area contributed by atoms with Crippen LogP contribution in [0, 0.1) is 5.92 Å². The van der Waals surface area contributed by atoms with Gasteiger partial charge < -0.3 is 10.2 Å². The summed E-state index contributed by atoms with van der Waals surface area (Å²) in [6, 6.07) is 33.5. The van der Waals surface area contributed by atoms with Gasteiger partial charge in [0.05, 0.1) is 10.6 Å². The molecule has 0 radical (unpaired) electrons. The Kier molecular flexibility index (Phi) is 11.3. The third kappa shape index (κ3) is 8.35. The summed E-state index contributed by atoms with van der Waals surface area (Å²) in [6.45, 7) is 6.10. The standard InChI is InChI=1S/C36H41N3O4S/c1-4-31-20-14-15-23-33(31)39(44(42,43)32-21-12-7-13-22-32)27-35(40)38(26-30-18-10-6-11-19-30)34(36(41)37-25-28(2)3)24-29-16-8-5-9-17-29/h5-23,28,34H,4,24-27H2,1-3H3,(H,37,41). The van der Waals surface area contributed by atoms with Crippen molar-refractivity contribution in [3.63, 3.8) is 0 Å². The van der Waals surface area contributed by atoms with Crippen LogP contribution in [0.25, 0.3) is 0 Å². The summed E-state index contributed by atoms with van der Waals surface area (Å²) in [5.74, 6) is -0.537. The lowest BCUT2D eigenvalue weighted by molar-refractivity contribution is -0.140. The van der Waals surface area contributed by atoms with Gasteiger partial charge in [-0.25, -0.2) is 8.42 Å². The van der Waals surface area contributed by atoms with E-state index in [1.54, 1.807) is 30.3 Å². The molecule has 0 fully saturated rings. The molecule has 230 valence electrons. The minimum absolute atomic E-state index is 0.0869. The number of carbonyl (C=O) groups excluding carboxylic acids is 2. The van der Waals surface area contributed by atoms with E-state index >= 15 is 0 Å². The summed E-state index contributed by atoms with van der Waals surface area (Å²) in [5.41, 5.74) is 2.97. The van der Waals surface area contributed by atoms with E-state index < -0.39 is 28.5 Å². The zero-order valence-corrected chi connectivity index (χ0v) is 26.4. The average Bonchev–Trinajstić information content (AvgIpc) is 3.05. The first kappa shape index (κ1) is 32.5. The molecule has 1 atom stereocenters. The molecule has 4 aromatic carbocycles. The van der Waals surface area contributed by atoms with Gasteiger partial charge in [0.1, 0.15) is 12.6 Å². The molecule has 0 aliphatic rings. The van der Waals surface area contributed by atoms with Crippen molar-refractivity contribution in [1.82, 2.24) is 10.2 Å². The Balaban J connectivity index is 1.80. The summed E-state index contributed by atoms with van der Waals surface area (Å²) in [5, 5.41) is 3.02. The molecular formula is C36H41N3O4S. The van der Waals surface area contributed by atoms with Crippen molar-refractivity contribution in [3.05, 3.63) is 132 Å². The Labute approximate surface area is 261 Å². The molecule has 4 aromatic rings. The molecule has 0 aromatic heterocycles. The first-order valence-electron chi connectivity index (χ1n) is 15.0. The van der Waals surface area contributed by atoms with Gasteiger partial charge >= 0.3 is 0 Å². The lowest BCUT2D eigenvalue weighted by Crippen LogP contribution is -2.53. The van der Waals surface area contributed by atoms with E-state index in [0.29, 0.717) is 18.7 Å². The molecule has 0 aliphatic heterocycles.